The maximum atomic E-state index is 12.1. The van der Waals surface area contributed by atoms with Gasteiger partial charge in [0.2, 0.25) is 10.0 Å². The number of rotatable bonds is 5. The summed E-state index contributed by atoms with van der Waals surface area (Å²) < 4.78 is 31.3. The van der Waals surface area contributed by atoms with Crippen molar-refractivity contribution < 1.29 is 17.9 Å². The van der Waals surface area contributed by atoms with Gasteiger partial charge in [-0.05, 0) is 39.0 Å². The molecule has 1 rings (SSSR count). The Morgan fingerprint density at radius 2 is 2.00 bits per heavy atom. The summed E-state index contributed by atoms with van der Waals surface area (Å²) in [6.45, 7) is 4.75. The number of benzene rings is 1. The summed E-state index contributed by atoms with van der Waals surface area (Å²) in [4.78, 5) is 11.5. The highest BCUT2D eigenvalue weighted by atomic mass is 32.2. The number of carbonyl (C=O) groups excluding carboxylic acids is 1. The van der Waals surface area contributed by atoms with E-state index < -0.39 is 22.0 Å². The summed E-state index contributed by atoms with van der Waals surface area (Å²) in [6.07, 6.45) is -0.323. The first-order valence-electron chi connectivity index (χ1n) is 5.99. The number of hydrogen-bond acceptors (Lipinski definition) is 5. The molecule has 0 aliphatic heterocycles. The lowest BCUT2D eigenvalue weighted by molar-refractivity contribution is -0.148. The van der Waals surface area contributed by atoms with E-state index in [4.69, 9.17) is 10.00 Å². The lowest BCUT2D eigenvalue weighted by Crippen LogP contribution is -2.40. The van der Waals surface area contributed by atoms with Crippen LogP contribution in [0.1, 0.15) is 26.3 Å². The van der Waals surface area contributed by atoms with E-state index in [1.165, 1.54) is 31.2 Å². The Bertz CT molecular complexity index is 632. The molecule has 0 unspecified atom stereocenters. The Morgan fingerprint density at radius 3 is 2.55 bits per heavy atom. The molecule has 1 aromatic rings. The monoisotopic (exact) mass is 296 g/mol. The third kappa shape index (κ3) is 4.33. The molecule has 20 heavy (non-hydrogen) atoms. The van der Waals surface area contributed by atoms with Crippen molar-refractivity contribution in [1.29, 1.82) is 5.26 Å². The van der Waals surface area contributed by atoms with Gasteiger partial charge in [-0.15, -0.1) is 0 Å². The zero-order chi connectivity index (χ0) is 15.3. The molecule has 108 valence electrons. The minimum Gasteiger partial charge on any atom is -0.462 e. The number of nitrogens with one attached hydrogen (secondary N) is 1. The molecule has 0 aliphatic carbocycles. The molecule has 6 nitrogen and oxygen atoms in total. The van der Waals surface area contributed by atoms with Gasteiger partial charge in [-0.2, -0.15) is 9.98 Å². The van der Waals surface area contributed by atoms with E-state index in [-0.39, 0.29) is 16.6 Å². The van der Waals surface area contributed by atoms with Gasteiger partial charge in [0.15, 0.2) is 0 Å². The number of nitrogens with zero attached hydrogens (tertiary/aromatic N) is 1. The average molecular weight is 296 g/mol. The molecule has 1 aromatic carbocycles. The fraction of sp³-hybridized carbons (Fsp3) is 0.385. The standard InChI is InChI=1S/C13H16N2O4S/c1-9(2)19-13(16)10(3)15-20(17,18)12-6-4-5-11(7-12)8-14/h4-7,9-10,15H,1-3H3/t10-/m0/s1. The fourth-order valence-electron chi connectivity index (χ4n) is 1.42. The van der Waals surface area contributed by atoms with Crippen LogP contribution in [0.4, 0.5) is 0 Å². The van der Waals surface area contributed by atoms with Gasteiger partial charge in [-0.25, -0.2) is 8.42 Å². The minimum atomic E-state index is -3.87. The number of ether oxygens (including phenoxy) is 1. The Labute approximate surface area is 118 Å². The lowest BCUT2D eigenvalue weighted by atomic mass is 10.2. The molecule has 0 heterocycles. The largest absolute Gasteiger partial charge is 0.462 e. The average Bonchev–Trinajstić information content (AvgIpc) is 2.37. The van der Waals surface area contributed by atoms with Crippen LogP contribution in [-0.2, 0) is 19.6 Å². The summed E-state index contributed by atoms with van der Waals surface area (Å²) in [5, 5.41) is 8.76. The van der Waals surface area contributed by atoms with E-state index in [1.54, 1.807) is 13.8 Å². The van der Waals surface area contributed by atoms with Crippen LogP contribution in [0, 0.1) is 11.3 Å². The Balaban J connectivity index is 2.90. The minimum absolute atomic E-state index is 0.0688. The van der Waals surface area contributed by atoms with Gasteiger partial charge in [0, 0.05) is 0 Å². The number of carbonyl (C=O) groups is 1. The first-order chi connectivity index (χ1) is 9.26. The van der Waals surface area contributed by atoms with Crippen molar-refractivity contribution in [2.75, 3.05) is 0 Å². The first kappa shape index (κ1) is 16.1. The van der Waals surface area contributed by atoms with Gasteiger partial charge >= 0.3 is 5.97 Å². The highest BCUT2D eigenvalue weighted by Crippen LogP contribution is 2.11. The molecule has 0 bridgehead atoms. The van der Waals surface area contributed by atoms with Gasteiger partial charge in [0.1, 0.15) is 6.04 Å². The molecule has 0 saturated heterocycles. The fourth-order valence-corrected chi connectivity index (χ4v) is 2.65. The highest BCUT2D eigenvalue weighted by Gasteiger charge is 2.23. The van der Waals surface area contributed by atoms with Crippen molar-refractivity contribution in [3.05, 3.63) is 29.8 Å². The number of esters is 1. The van der Waals surface area contributed by atoms with Gasteiger partial charge in [0.25, 0.3) is 0 Å². The van der Waals surface area contributed by atoms with Crippen LogP contribution in [0.2, 0.25) is 0 Å². The van der Waals surface area contributed by atoms with E-state index in [1.807, 2.05) is 6.07 Å². The van der Waals surface area contributed by atoms with Crippen molar-refractivity contribution in [3.8, 4) is 6.07 Å². The van der Waals surface area contributed by atoms with Gasteiger partial charge in [-0.1, -0.05) is 6.07 Å². The lowest BCUT2D eigenvalue weighted by Gasteiger charge is -2.15. The van der Waals surface area contributed by atoms with E-state index in [0.29, 0.717) is 0 Å². The first-order valence-corrected chi connectivity index (χ1v) is 7.47. The van der Waals surface area contributed by atoms with Crippen LogP contribution < -0.4 is 4.72 Å². The molecule has 0 spiro atoms. The summed E-state index contributed by atoms with van der Waals surface area (Å²) in [5.74, 6) is -0.653. The molecular formula is C13H16N2O4S. The van der Waals surface area contributed by atoms with E-state index in [2.05, 4.69) is 4.72 Å². The Hall–Kier alpha value is -1.91. The zero-order valence-corrected chi connectivity index (χ0v) is 12.3. The van der Waals surface area contributed by atoms with Crippen LogP contribution in [0.25, 0.3) is 0 Å². The van der Waals surface area contributed by atoms with E-state index in [0.717, 1.165) is 0 Å². The molecule has 0 amide bonds. The van der Waals surface area contributed by atoms with Gasteiger partial charge < -0.3 is 4.74 Å². The van der Waals surface area contributed by atoms with Gasteiger partial charge in [-0.3, -0.25) is 4.79 Å². The summed E-state index contributed by atoms with van der Waals surface area (Å²) >= 11 is 0. The molecule has 0 radical (unpaired) electrons. The van der Waals surface area contributed by atoms with E-state index >= 15 is 0 Å². The Morgan fingerprint density at radius 1 is 1.35 bits per heavy atom. The maximum absolute atomic E-state index is 12.1. The number of hydrogen-bond donors (Lipinski definition) is 1. The van der Waals surface area contributed by atoms with Crippen molar-refractivity contribution >= 4 is 16.0 Å². The second-order valence-electron chi connectivity index (χ2n) is 4.47. The molecule has 0 aliphatic rings. The van der Waals surface area contributed by atoms with Crippen molar-refractivity contribution in [2.24, 2.45) is 0 Å². The summed E-state index contributed by atoms with van der Waals surface area (Å²) in [7, 11) is -3.87. The van der Waals surface area contributed by atoms with Crippen molar-refractivity contribution in [3.63, 3.8) is 0 Å². The Kier molecular flexibility index (Phi) is 5.25. The summed E-state index contributed by atoms with van der Waals surface area (Å²) in [5.41, 5.74) is 0.227. The predicted octanol–water partition coefficient (Wildman–Crippen LogP) is 1.18. The molecule has 1 N–H and O–H groups in total. The molecule has 0 aromatic heterocycles. The SMILES string of the molecule is CC(C)OC(=O)[C@H](C)NS(=O)(=O)c1cccc(C#N)c1. The second kappa shape index (κ2) is 6.50. The molecule has 1 atom stereocenters. The maximum Gasteiger partial charge on any atom is 0.324 e. The molecule has 0 fully saturated rings. The normalized spacial score (nSPS) is 12.8. The smallest absolute Gasteiger partial charge is 0.324 e. The van der Waals surface area contributed by atoms with Crippen LogP contribution in [0.5, 0.6) is 0 Å². The highest BCUT2D eigenvalue weighted by molar-refractivity contribution is 7.89. The topological polar surface area (TPSA) is 96.3 Å². The van der Waals surface area contributed by atoms with E-state index in [9.17, 15) is 13.2 Å². The predicted molar refractivity (Wildman–Crippen MR) is 72.2 cm³/mol. The molecule has 0 saturated carbocycles. The van der Waals surface area contributed by atoms with Crippen molar-refractivity contribution in [2.45, 2.75) is 37.8 Å². The van der Waals surface area contributed by atoms with Crippen LogP contribution in [0.15, 0.2) is 29.2 Å². The zero-order valence-electron chi connectivity index (χ0n) is 11.5. The van der Waals surface area contributed by atoms with Crippen molar-refractivity contribution in [1.82, 2.24) is 4.72 Å². The van der Waals surface area contributed by atoms with Crippen LogP contribution in [-0.4, -0.2) is 26.5 Å². The van der Waals surface area contributed by atoms with Crippen LogP contribution in [0.3, 0.4) is 0 Å². The number of nitriles is 1. The quantitative estimate of drug-likeness (QED) is 0.823. The number of sulfonamides is 1. The van der Waals surface area contributed by atoms with Gasteiger partial charge in [0.05, 0.1) is 22.6 Å². The summed E-state index contributed by atoms with van der Waals surface area (Å²) in [6, 6.07) is 6.40. The third-order valence-corrected chi connectivity index (χ3v) is 3.85. The molecule has 7 heteroatoms. The van der Waals surface area contributed by atoms with Crippen LogP contribution >= 0.6 is 0 Å². The second-order valence-corrected chi connectivity index (χ2v) is 6.18. The third-order valence-electron chi connectivity index (χ3n) is 2.31. The molecular weight excluding hydrogens is 280 g/mol.